The van der Waals surface area contributed by atoms with Crippen LogP contribution in [0.1, 0.15) is 26.2 Å². The van der Waals surface area contributed by atoms with Crippen LogP contribution < -0.4 is 10.6 Å². The summed E-state index contributed by atoms with van der Waals surface area (Å²) in [4.78, 5) is 0. The maximum atomic E-state index is 8.51. The topological polar surface area (TPSA) is 71.6 Å². The molecular formula is C9H14N4. The van der Waals surface area contributed by atoms with E-state index < -0.39 is 0 Å². The SMILES string of the molecule is CC1CCC(NC#N)CC1NC#N. The summed E-state index contributed by atoms with van der Waals surface area (Å²) < 4.78 is 0. The molecule has 0 spiro atoms. The van der Waals surface area contributed by atoms with Gasteiger partial charge in [0.15, 0.2) is 12.4 Å². The van der Waals surface area contributed by atoms with Gasteiger partial charge in [0.05, 0.1) is 0 Å². The van der Waals surface area contributed by atoms with E-state index in [2.05, 4.69) is 17.6 Å². The Balaban J connectivity index is 2.44. The lowest BCUT2D eigenvalue weighted by Crippen LogP contribution is -2.43. The van der Waals surface area contributed by atoms with Gasteiger partial charge < -0.3 is 10.6 Å². The molecule has 0 aromatic carbocycles. The smallest absolute Gasteiger partial charge is 0.176 e. The molecule has 1 rings (SSSR count). The van der Waals surface area contributed by atoms with Crippen LogP contribution in [0.4, 0.5) is 0 Å². The molecule has 0 amide bonds. The van der Waals surface area contributed by atoms with Crippen LogP contribution in [0.3, 0.4) is 0 Å². The Morgan fingerprint density at radius 3 is 2.46 bits per heavy atom. The minimum atomic E-state index is 0.226. The van der Waals surface area contributed by atoms with Crippen LogP contribution in [0.25, 0.3) is 0 Å². The van der Waals surface area contributed by atoms with E-state index in [1.165, 1.54) is 0 Å². The molecule has 2 N–H and O–H groups in total. The first kappa shape index (κ1) is 9.67. The van der Waals surface area contributed by atoms with Crippen LogP contribution in [0, 0.1) is 28.8 Å². The highest BCUT2D eigenvalue weighted by Crippen LogP contribution is 2.23. The lowest BCUT2D eigenvalue weighted by Gasteiger charge is -2.32. The summed E-state index contributed by atoms with van der Waals surface area (Å²) in [7, 11) is 0. The van der Waals surface area contributed by atoms with E-state index in [4.69, 9.17) is 10.5 Å². The molecule has 13 heavy (non-hydrogen) atoms. The maximum absolute atomic E-state index is 8.51. The van der Waals surface area contributed by atoms with E-state index in [1.54, 1.807) is 0 Å². The lowest BCUT2D eigenvalue weighted by molar-refractivity contribution is 0.263. The number of nitrogens with zero attached hydrogens (tertiary/aromatic N) is 2. The number of rotatable bonds is 2. The molecule has 0 saturated heterocycles. The van der Waals surface area contributed by atoms with Crippen molar-refractivity contribution in [1.82, 2.24) is 10.6 Å². The highest BCUT2D eigenvalue weighted by atomic mass is 15.0. The Morgan fingerprint density at radius 1 is 1.15 bits per heavy atom. The van der Waals surface area contributed by atoms with Gasteiger partial charge in [-0.2, -0.15) is 10.5 Å². The van der Waals surface area contributed by atoms with Gasteiger partial charge in [-0.05, 0) is 25.2 Å². The molecule has 4 nitrogen and oxygen atoms in total. The number of nitrogens with one attached hydrogen (secondary N) is 2. The number of hydrogen-bond donors (Lipinski definition) is 2. The quantitative estimate of drug-likeness (QED) is 0.482. The molecule has 0 radical (unpaired) electrons. The normalized spacial score (nSPS) is 32.7. The molecule has 0 heterocycles. The van der Waals surface area contributed by atoms with Gasteiger partial charge in [-0.15, -0.1) is 0 Å². The molecule has 3 unspecified atom stereocenters. The second kappa shape index (κ2) is 4.57. The van der Waals surface area contributed by atoms with Gasteiger partial charge in [-0.1, -0.05) is 6.92 Å². The van der Waals surface area contributed by atoms with Gasteiger partial charge in [0.2, 0.25) is 0 Å². The first-order chi connectivity index (χ1) is 6.27. The number of nitriles is 2. The van der Waals surface area contributed by atoms with E-state index in [-0.39, 0.29) is 12.1 Å². The summed E-state index contributed by atoms with van der Waals surface area (Å²) in [5, 5.41) is 22.5. The third kappa shape index (κ3) is 2.52. The van der Waals surface area contributed by atoms with Crippen LogP contribution in [0.5, 0.6) is 0 Å². The van der Waals surface area contributed by atoms with E-state index in [0.717, 1.165) is 19.3 Å². The van der Waals surface area contributed by atoms with Crippen molar-refractivity contribution in [2.75, 3.05) is 0 Å². The predicted octanol–water partition coefficient (Wildman–Crippen LogP) is 0.685. The first-order valence-corrected chi connectivity index (χ1v) is 4.57. The summed E-state index contributed by atoms with van der Waals surface area (Å²) in [6.07, 6.45) is 6.88. The molecule has 1 saturated carbocycles. The van der Waals surface area contributed by atoms with Crippen molar-refractivity contribution in [1.29, 1.82) is 10.5 Å². The maximum Gasteiger partial charge on any atom is 0.176 e. The summed E-state index contributed by atoms with van der Waals surface area (Å²) in [6.45, 7) is 2.14. The zero-order chi connectivity index (χ0) is 9.68. The fraction of sp³-hybridized carbons (Fsp3) is 0.778. The van der Waals surface area contributed by atoms with Crippen LogP contribution in [0.2, 0.25) is 0 Å². The number of hydrogen-bond acceptors (Lipinski definition) is 4. The molecule has 70 valence electrons. The van der Waals surface area contributed by atoms with Crippen LogP contribution in [0.15, 0.2) is 0 Å². The van der Waals surface area contributed by atoms with Crippen molar-refractivity contribution in [3.63, 3.8) is 0 Å². The molecule has 3 atom stereocenters. The van der Waals surface area contributed by atoms with Crippen LogP contribution in [-0.4, -0.2) is 12.1 Å². The highest BCUT2D eigenvalue weighted by Gasteiger charge is 2.27. The lowest BCUT2D eigenvalue weighted by atomic mass is 9.83. The average Bonchev–Trinajstić information content (AvgIpc) is 2.12. The van der Waals surface area contributed by atoms with E-state index in [9.17, 15) is 0 Å². The molecule has 4 heteroatoms. The minimum Gasteiger partial charge on any atom is -0.321 e. The van der Waals surface area contributed by atoms with Gasteiger partial charge in [-0.25, -0.2) is 0 Å². The second-order valence-corrected chi connectivity index (χ2v) is 3.61. The zero-order valence-electron chi connectivity index (χ0n) is 7.75. The van der Waals surface area contributed by atoms with E-state index in [0.29, 0.717) is 5.92 Å². The third-order valence-electron chi connectivity index (χ3n) is 2.71. The van der Waals surface area contributed by atoms with Gasteiger partial charge in [0, 0.05) is 12.1 Å². The molecule has 1 fully saturated rings. The van der Waals surface area contributed by atoms with E-state index >= 15 is 0 Å². The van der Waals surface area contributed by atoms with Crippen molar-refractivity contribution in [2.24, 2.45) is 5.92 Å². The van der Waals surface area contributed by atoms with Gasteiger partial charge in [0.25, 0.3) is 0 Å². The van der Waals surface area contributed by atoms with E-state index in [1.807, 2.05) is 12.4 Å². The highest BCUT2D eigenvalue weighted by molar-refractivity contribution is 4.91. The first-order valence-electron chi connectivity index (χ1n) is 4.57. The standard InChI is InChI=1S/C9H14N4/c1-7-2-3-8(12-5-10)4-9(7)13-6-11/h7-9,12-13H,2-4H2,1H3. The summed E-state index contributed by atoms with van der Waals surface area (Å²) in [5.74, 6) is 0.524. The largest absolute Gasteiger partial charge is 0.321 e. The molecule has 1 aliphatic rings. The van der Waals surface area contributed by atoms with Gasteiger partial charge in [-0.3, -0.25) is 0 Å². The van der Waals surface area contributed by atoms with Gasteiger partial charge in [0.1, 0.15) is 0 Å². The molecular weight excluding hydrogens is 164 g/mol. The molecule has 0 aliphatic heterocycles. The zero-order valence-corrected chi connectivity index (χ0v) is 7.75. The Labute approximate surface area is 78.5 Å². The molecule has 0 bridgehead atoms. The third-order valence-corrected chi connectivity index (χ3v) is 2.71. The Hall–Kier alpha value is -1.42. The molecule has 0 aromatic heterocycles. The summed E-state index contributed by atoms with van der Waals surface area (Å²) in [5.41, 5.74) is 0. The minimum absolute atomic E-state index is 0.226. The predicted molar refractivity (Wildman–Crippen MR) is 48.1 cm³/mol. The summed E-state index contributed by atoms with van der Waals surface area (Å²) in [6, 6.07) is 0.469. The fourth-order valence-corrected chi connectivity index (χ4v) is 1.83. The Bertz CT molecular complexity index is 237. The van der Waals surface area contributed by atoms with Crippen molar-refractivity contribution in [3.8, 4) is 12.4 Å². The average molecular weight is 178 g/mol. The van der Waals surface area contributed by atoms with Crippen LogP contribution >= 0.6 is 0 Å². The second-order valence-electron chi connectivity index (χ2n) is 3.61. The Morgan fingerprint density at radius 2 is 1.85 bits per heavy atom. The summed E-state index contributed by atoms with van der Waals surface area (Å²) >= 11 is 0. The van der Waals surface area contributed by atoms with Crippen molar-refractivity contribution < 1.29 is 0 Å². The Kier molecular flexibility index (Phi) is 3.40. The monoisotopic (exact) mass is 178 g/mol. The van der Waals surface area contributed by atoms with Gasteiger partial charge >= 0.3 is 0 Å². The molecule has 0 aromatic rings. The molecule has 1 aliphatic carbocycles. The van der Waals surface area contributed by atoms with Crippen LogP contribution in [-0.2, 0) is 0 Å². The van der Waals surface area contributed by atoms with Crippen molar-refractivity contribution in [2.45, 2.75) is 38.3 Å². The van der Waals surface area contributed by atoms with Crippen molar-refractivity contribution >= 4 is 0 Å². The fourth-order valence-electron chi connectivity index (χ4n) is 1.83. The van der Waals surface area contributed by atoms with Crippen molar-refractivity contribution in [3.05, 3.63) is 0 Å².